The molecule has 1 aromatic carbocycles. The second-order valence-corrected chi connectivity index (χ2v) is 6.33. The first kappa shape index (κ1) is 13.1. The number of piperidine rings is 1. The Hall–Kier alpha value is -0.860. The minimum absolute atomic E-state index is 0.718. The fraction of sp³-hybridized carbons (Fsp3) is 0.647. The summed E-state index contributed by atoms with van der Waals surface area (Å²) < 4.78 is 0. The molecule has 1 aliphatic carbocycles. The van der Waals surface area contributed by atoms with Gasteiger partial charge in [0.2, 0.25) is 0 Å². The summed E-state index contributed by atoms with van der Waals surface area (Å²) in [4.78, 5) is 2.65. The van der Waals surface area contributed by atoms with E-state index in [1.165, 1.54) is 44.3 Å². The third kappa shape index (κ3) is 3.80. The molecule has 1 N–H and O–H groups in total. The lowest BCUT2D eigenvalue weighted by Crippen LogP contribution is -2.49. The first-order valence-corrected chi connectivity index (χ1v) is 7.86. The van der Waals surface area contributed by atoms with Gasteiger partial charge in [-0.2, -0.15) is 0 Å². The third-order valence-electron chi connectivity index (χ3n) is 4.49. The van der Waals surface area contributed by atoms with Gasteiger partial charge in [-0.3, -0.25) is 4.90 Å². The molecule has 104 valence electrons. The van der Waals surface area contributed by atoms with Gasteiger partial charge in [-0.1, -0.05) is 43.7 Å². The van der Waals surface area contributed by atoms with Gasteiger partial charge in [0.15, 0.2) is 0 Å². The average molecular weight is 258 g/mol. The SMILES string of the molecule is CCC1CC(NC2CC2)CN(Cc2ccccc2)C1. The zero-order chi connectivity index (χ0) is 13.1. The Kier molecular flexibility index (Phi) is 4.19. The molecular formula is C17H26N2. The quantitative estimate of drug-likeness (QED) is 0.873. The molecule has 0 bridgehead atoms. The summed E-state index contributed by atoms with van der Waals surface area (Å²) >= 11 is 0. The van der Waals surface area contributed by atoms with Crippen LogP contribution in [0.1, 0.15) is 38.2 Å². The van der Waals surface area contributed by atoms with E-state index in [1.54, 1.807) is 0 Å². The fourth-order valence-electron chi connectivity index (χ4n) is 3.27. The van der Waals surface area contributed by atoms with Crippen molar-refractivity contribution in [2.45, 2.75) is 51.2 Å². The lowest BCUT2D eigenvalue weighted by atomic mass is 9.91. The summed E-state index contributed by atoms with van der Waals surface area (Å²) in [6, 6.07) is 12.4. The van der Waals surface area contributed by atoms with Crippen LogP contribution in [0.4, 0.5) is 0 Å². The molecule has 3 rings (SSSR count). The summed E-state index contributed by atoms with van der Waals surface area (Å²) in [5, 5.41) is 3.83. The van der Waals surface area contributed by atoms with E-state index >= 15 is 0 Å². The van der Waals surface area contributed by atoms with Crippen molar-refractivity contribution in [3.63, 3.8) is 0 Å². The van der Waals surface area contributed by atoms with Gasteiger partial charge < -0.3 is 5.32 Å². The molecule has 2 unspecified atom stereocenters. The van der Waals surface area contributed by atoms with E-state index in [2.05, 4.69) is 47.5 Å². The van der Waals surface area contributed by atoms with Crippen LogP contribution in [-0.2, 0) is 6.54 Å². The molecule has 2 heteroatoms. The van der Waals surface area contributed by atoms with Gasteiger partial charge in [-0.05, 0) is 30.7 Å². The van der Waals surface area contributed by atoms with Crippen molar-refractivity contribution in [1.82, 2.24) is 10.2 Å². The average Bonchev–Trinajstić information content (AvgIpc) is 3.23. The van der Waals surface area contributed by atoms with Crippen LogP contribution in [0.3, 0.4) is 0 Å². The number of nitrogens with one attached hydrogen (secondary N) is 1. The van der Waals surface area contributed by atoms with Crippen molar-refractivity contribution in [3.05, 3.63) is 35.9 Å². The highest BCUT2D eigenvalue weighted by molar-refractivity contribution is 5.14. The number of hydrogen-bond donors (Lipinski definition) is 1. The normalized spacial score (nSPS) is 28.5. The van der Waals surface area contributed by atoms with Crippen molar-refractivity contribution >= 4 is 0 Å². The molecular weight excluding hydrogens is 232 g/mol. The second-order valence-electron chi connectivity index (χ2n) is 6.33. The molecule has 0 radical (unpaired) electrons. The van der Waals surface area contributed by atoms with Crippen LogP contribution < -0.4 is 5.32 Å². The van der Waals surface area contributed by atoms with E-state index in [1.807, 2.05) is 0 Å². The van der Waals surface area contributed by atoms with Crippen molar-refractivity contribution in [2.75, 3.05) is 13.1 Å². The zero-order valence-corrected chi connectivity index (χ0v) is 12.0. The number of hydrogen-bond acceptors (Lipinski definition) is 2. The monoisotopic (exact) mass is 258 g/mol. The highest BCUT2D eigenvalue weighted by Gasteiger charge is 2.30. The molecule has 1 aromatic rings. The first-order valence-electron chi connectivity index (χ1n) is 7.86. The third-order valence-corrected chi connectivity index (χ3v) is 4.49. The largest absolute Gasteiger partial charge is 0.310 e. The Morgan fingerprint density at radius 2 is 1.89 bits per heavy atom. The molecule has 2 atom stereocenters. The van der Waals surface area contributed by atoms with Crippen LogP contribution in [0, 0.1) is 5.92 Å². The molecule has 19 heavy (non-hydrogen) atoms. The van der Waals surface area contributed by atoms with Crippen molar-refractivity contribution in [1.29, 1.82) is 0 Å². The number of nitrogens with zero attached hydrogens (tertiary/aromatic N) is 1. The van der Waals surface area contributed by atoms with Gasteiger partial charge in [-0.25, -0.2) is 0 Å². The minimum Gasteiger partial charge on any atom is -0.310 e. The maximum absolute atomic E-state index is 3.83. The number of likely N-dealkylation sites (tertiary alicyclic amines) is 1. The summed E-state index contributed by atoms with van der Waals surface area (Å²) in [7, 11) is 0. The summed E-state index contributed by atoms with van der Waals surface area (Å²) in [6.07, 6.45) is 5.48. The van der Waals surface area contributed by atoms with Gasteiger partial charge in [0.05, 0.1) is 0 Å². The van der Waals surface area contributed by atoms with E-state index in [0.717, 1.165) is 24.5 Å². The summed E-state index contributed by atoms with van der Waals surface area (Å²) in [6.45, 7) is 5.95. The molecule has 1 aliphatic heterocycles. The molecule has 1 heterocycles. The first-order chi connectivity index (χ1) is 9.33. The van der Waals surface area contributed by atoms with E-state index in [9.17, 15) is 0 Å². The Balaban J connectivity index is 1.59. The van der Waals surface area contributed by atoms with Crippen LogP contribution in [0.25, 0.3) is 0 Å². The van der Waals surface area contributed by atoms with E-state index < -0.39 is 0 Å². The Morgan fingerprint density at radius 3 is 2.58 bits per heavy atom. The van der Waals surface area contributed by atoms with Crippen molar-refractivity contribution in [3.8, 4) is 0 Å². The van der Waals surface area contributed by atoms with Gasteiger partial charge >= 0.3 is 0 Å². The molecule has 2 nitrogen and oxygen atoms in total. The fourth-order valence-corrected chi connectivity index (χ4v) is 3.27. The molecule has 2 aliphatic rings. The smallest absolute Gasteiger partial charge is 0.0234 e. The minimum atomic E-state index is 0.718. The van der Waals surface area contributed by atoms with E-state index in [0.29, 0.717) is 0 Å². The molecule has 1 saturated heterocycles. The Bertz CT molecular complexity index is 386. The lowest BCUT2D eigenvalue weighted by molar-refractivity contribution is 0.131. The van der Waals surface area contributed by atoms with Crippen LogP contribution >= 0.6 is 0 Å². The Morgan fingerprint density at radius 1 is 1.11 bits per heavy atom. The number of rotatable bonds is 5. The molecule has 0 aromatic heterocycles. The lowest BCUT2D eigenvalue weighted by Gasteiger charge is -2.38. The predicted molar refractivity (Wildman–Crippen MR) is 80.1 cm³/mol. The topological polar surface area (TPSA) is 15.3 Å². The van der Waals surface area contributed by atoms with Gasteiger partial charge in [0, 0.05) is 31.7 Å². The van der Waals surface area contributed by atoms with Crippen molar-refractivity contribution in [2.24, 2.45) is 5.92 Å². The van der Waals surface area contributed by atoms with Crippen LogP contribution in [0.5, 0.6) is 0 Å². The molecule has 2 fully saturated rings. The maximum atomic E-state index is 3.83. The molecule has 1 saturated carbocycles. The highest BCUT2D eigenvalue weighted by atomic mass is 15.2. The van der Waals surface area contributed by atoms with Gasteiger partial charge in [0.1, 0.15) is 0 Å². The van der Waals surface area contributed by atoms with E-state index in [4.69, 9.17) is 0 Å². The van der Waals surface area contributed by atoms with Crippen LogP contribution in [-0.4, -0.2) is 30.1 Å². The Labute approximate surface area is 117 Å². The number of benzene rings is 1. The second kappa shape index (κ2) is 6.06. The standard InChI is InChI=1S/C17H26N2/c1-2-14-10-17(18-16-8-9-16)13-19(11-14)12-15-6-4-3-5-7-15/h3-7,14,16-18H,2,8-13H2,1H3. The summed E-state index contributed by atoms with van der Waals surface area (Å²) in [5.74, 6) is 0.869. The molecule has 0 amide bonds. The summed E-state index contributed by atoms with van der Waals surface area (Å²) in [5.41, 5.74) is 1.45. The van der Waals surface area contributed by atoms with Gasteiger partial charge in [0.25, 0.3) is 0 Å². The zero-order valence-electron chi connectivity index (χ0n) is 12.0. The van der Waals surface area contributed by atoms with Gasteiger partial charge in [-0.15, -0.1) is 0 Å². The molecule has 0 spiro atoms. The highest BCUT2D eigenvalue weighted by Crippen LogP contribution is 2.25. The van der Waals surface area contributed by atoms with Crippen LogP contribution in [0.2, 0.25) is 0 Å². The van der Waals surface area contributed by atoms with Crippen LogP contribution in [0.15, 0.2) is 30.3 Å². The predicted octanol–water partition coefficient (Wildman–Crippen LogP) is 3.04. The maximum Gasteiger partial charge on any atom is 0.0234 e. The van der Waals surface area contributed by atoms with Crippen molar-refractivity contribution < 1.29 is 0 Å². The van der Waals surface area contributed by atoms with E-state index in [-0.39, 0.29) is 0 Å².